The third kappa shape index (κ3) is 25.5. The maximum atomic E-state index is 9.91. The van der Waals surface area contributed by atoms with Gasteiger partial charge in [-0.25, -0.2) is 0 Å². The summed E-state index contributed by atoms with van der Waals surface area (Å²) in [5, 5.41) is -0.0671. The van der Waals surface area contributed by atoms with Crippen molar-refractivity contribution in [3.05, 3.63) is 0 Å². The van der Waals surface area contributed by atoms with Crippen LogP contribution in [0.2, 0.25) is 0 Å². The second kappa shape index (κ2) is 10.0. The average molecular weight is 194 g/mol. The molecule has 0 aliphatic rings. The maximum Gasteiger partial charge on any atom is 0.185 e. The summed E-state index contributed by atoms with van der Waals surface area (Å²) in [6, 6.07) is 0. The Kier molecular flexibility index (Phi) is 12.4. The predicted octanol–water partition coefficient (Wildman–Crippen LogP) is 2.10. The Balaban J connectivity index is 0. The van der Waals surface area contributed by atoms with Crippen molar-refractivity contribution in [2.75, 3.05) is 0 Å². The fraction of sp³-hybridized carbons (Fsp3) is 0.714. The van der Waals surface area contributed by atoms with E-state index in [1.165, 1.54) is 0 Å². The number of carbonyl (C=O) groups excluding carboxylic acids is 2. The zero-order valence-corrected chi connectivity index (χ0v) is 8.62. The molecule has 4 heteroatoms. The summed E-state index contributed by atoms with van der Waals surface area (Å²) in [7, 11) is 0. The first kappa shape index (κ1) is 13.6. The molecule has 0 aliphatic heterocycles. The van der Waals surface area contributed by atoms with Gasteiger partial charge in [0, 0.05) is 12.8 Å². The Bertz CT molecular complexity index is 124. The van der Waals surface area contributed by atoms with Crippen molar-refractivity contribution in [3.8, 4) is 0 Å². The Labute approximate surface area is 78.6 Å². The molecule has 0 heterocycles. The van der Waals surface area contributed by atoms with Gasteiger partial charge in [0.1, 0.15) is 0 Å². The van der Waals surface area contributed by atoms with Crippen LogP contribution in [0, 0.1) is 0 Å². The van der Waals surface area contributed by atoms with Gasteiger partial charge in [0.25, 0.3) is 0 Å². The van der Waals surface area contributed by atoms with Gasteiger partial charge in [0.15, 0.2) is 10.2 Å². The molecule has 0 spiro atoms. The molecule has 0 radical (unpaired) electrons. The van der Waals surface area contributed by atoms with Crippen molar-refractivity contribution in [1.82, 2.24) is 0 Å². The van der Waals surface area contributed by atoms with Crippen molar-refractivity contribution in [1.29, 1.82) is 0 Å². The molecule has 0 saturated heterocycles. The standard InChI is InChI=1S/C4H8OS.C3H6OS/c1-2-3-4(5)6;1-2-3(4)5/h2-3H2,1H3,(H,5,6);2H2,1H3,(H,4,5). The summed E-state index contributed by atoms with van der Waals surface area (Å²) < 4.78 is 0. The molecule has 0 bridgehead atoms. The molecule has 0 aromatic rings. The minimum Gasteiger partial charge on any atom is -0.288 e. The minimum absolute atomic E-state index is 0.0162. The van der Waals surface area contributed by atoms with E-state index in [9.17, 15) is 9.59 Å². The lowest BCUT2D eigenvalue weighted by atomic mass is 10.4. The van der Waals surface area contributed by atoms with Gasteiger partial charge in [-0.15, -0.1) is 25.3 Å². The highest BCUT2D eigenvalue weighted by Gasteiger charge is 1.85. The van der Waals surface area contributed by atoms with Crippen molar-refractivity contribution < 1.29 is 9.59 Å². The predicted molar refractivity (Wildman–Crippen MR) is 53.2 cm³/mol. The second-order valence-corrected chi connectivity index (χ2v) is 2.89. The van der Waals surface area contributed by atoms with Crippen LogP contribution in [0.15, 0.2) is 0 Å². The fourth-order valence-electron chi connectivity index (χ4n) is 0.214. The first-order valence-corrected chi connectivity index (χ1v) is 4.37. The van der Waals surface area contributed by atoms with Crippen LogP contribution in [0.3, 0.4) is 0 Å². The van der Waals surface area contributed by atoms with Gasteiger partial charge in [-0.2, -0.15) is 0 Å². The monoisotopic (exact) mass is 194 g/mol. The topological polar surface area (TPSA) is 34.1 Å². The van der Waals surface area contributed by atoms with Crippen LogP contribution in [-0.4, -0.2) is 10.2 Å². The molecule has 0 aliphatic carbocycles. The lowest BCUT2D eigenvalue weighted by Crippen LogP contribution is -1.80. The lowest BCUT2D eigenvalue weighted by molar-refractivity contribution is -0.111. The fourth-order valence-corrected chi connectivity index (χ4v) is 0.437. The summed E-state index contributed by atoms with van der Waals surface area (Å²) in [6.45, 7) is 3.73. The zero-order chi connectivity index (χ0) is 9.28. The Morgan fingerprint density at radius 2 is 1.45 bits per heavy atom. The van der Waals surface area contributed by atoms with E-state index in [4.69, 9.17) is 0 Å². The van der Waals surface area contributed by atoms with E-state index in [2.05, 4.69) is 25.3 Å². The molecular weight excluding hydrogens is 180 g/mol. The highest BCUT2D eigenvalue weighted by atomic mass is 32.1. The van der Waals surface area contributed by atoms with Crippen LogP contribution in [-0.2, 0) is 9.59 Å². The molecule has 0 rings (SSSR count). The smallest absolute Gasteiger partial charge is 0.185 e. The van der Waals surface area contributed by atoms with E-state index < -0.39 is 0 Å². The molecule has 0 N–H and O–H groups in total. The number of carbonyl (C=O) groups is 2. The van der Waals surface area contributed by atoms with Crippen LogP contribution in [0.5, 0.6) is 0 Å². The van der Waals surface area contributed by atoms with Crippen molar-refractivity contribution in [2.24, 2.45) is 0 Å². The molecule has 0 unspecified atom stereocenters. The quantitative estimate of drug-likeness (QED) is 0.675. The third-order valence-corrected chi connectivity index (χ3v) is 1.31. The summed E-state index contributed by atoms with van der Waals surface area (Å²) in [5.41, 5.74) is 0. The molecule has 0 aromatic heterocycles. The lowest BCUT2D eigenvalue weighted by Gasteiger charge is -1.79. The van der Waals surface area contributed by atoms with E-state index in [1.807, 2.05) is 6.92 Å². The van der Waals surface area contributed by atoms with E-state index >= 15 is 0 Å². The highest BCUT2D eigenvalue weighted by Crippen LogP contribution is 1.89. The summed E-state index contributed by atoms with van der Waals surface area (Å²) >= 11 is 7.00. The van der Waals surface area contributed by atoms with E-state index in [1.54, 1.807) is 6.92 Å². The van der Waals surface area contributed by atoms with Gasteiger partial charge in [0.2, 0.25) is 0 Å². The van der Waals surface area contributed by atoms with Crippen molar-refractivity contribution >= 4 is 35.5 Å². The average Bonchev–Trinajstić information content (AvgIpc) is 1.89. The summed E-state index contributed by atoms with van der Waals surface area (Å²) in [6.07, 6.45) is 2.04. The van der Waals surface area contributed by atoms with Gasteiger partial charge in [-0.3, -0.25) is 9.59 Å². The number of hydrogen-bond donors (Lipinski definition) is 2. The van der Waals surface area contributed by atoms with Crippen LogP contribution >= 0.6 is 25.3 Å². The molecule has 0 amide bonds. The van der Waals surface area contributed by atoms with Crippen molar-refractivity contribution in [2.45, 2.75) is 33.1 Å². The van der Waals surface area contributed by atoms with Gasteiger partial charge < -0.3 is 0 Å². The number of hydrogen-bond acceptors (Lipinski definition) is 2. The van der Waals surface area contributed by atoms with Gasteiger partial charge in [-0.05, 0) is 6.42 Å². The third-order valence-electron chi connectivity index (χ3n) is 0.766. The zero-order valence-electron chi connectivity index (χ0n) is 6.83. The molecule has 0 atom stereocenters. The largest absolute Gasteiger partial charge is 0.288 e. The van der Waals surface area contributed by atoms with Crippen LogP contribution in [0.25, 0.3) is 0 Å². The summed E-state index contributed by atoms with van der Waals surface area (Å²) in [4.78, 5) is 19.6. The minimum atomic E-state index is -0.0509. The second-order valence-electron chi connectivity index (χ2n) is 1.89. The molecule has 0 aromatic carbocycles. The SMILES string of the molecule is CCC(=O)S.CCCC(=O)S. The first-order valence-electron chi connectivity index (χ1n) is 3.48. The molecule has 2 nitrogen and oxygen atoms in total. The van der Waals surface area contributed by atoms with Gasteiger partial charge in [0.05, 0.1) is 0 Å². The van der Waals surface area contributed by atoms with Crippen molar-refractivity contribution in [3.63, 3.8) is 0 Å². The highest BCUT2D eigenvalue weighted by molar-refractivity contribution is 7.96. The van der Waals surface area contributed by atoms with Gasteiger partial charge in [-0.1, -0.05) is 13.8 Å². The Morgan fingerprint density at radius 1 is 1.09 bits per heavy atom. The number of rotatable bonds is 3. The Hall–Kier alpha value is 0.0400. The van der Waals surface area contributed by atoms with Crippen LogP contribution < -0.4 is 0 Å². The van der Waals surface area contributed by atoms with Crippen LogP contribution in [0.1, 0.15) is 33.1 Å². The summed E-state index contributed by atoms with van der Waals surface area (Å²) in [5.74, 6) is 0. The molecule has 0 fully saturated rings. The Morgan fingerprint density at radius 3 is 1.45 bits per heavy atom. The first-order chi connectivity index (χ1) is 5.04. The van der Waals surface area contributed by atoms with Gasteiger partial charge >= 0.3 is 0 Å². The normalized spacial score (nSPS) is 8.00. The molecule has 0 saturated carbocycles. The van der Waals surface area contributed by atoms with E-state index in [0.717, 1.165) is 6.42 Å². The molecule has 66 valence electrons. The molecular formula is C7H14O2S2. The van der Waals surface area contributed by atoms with E-state index in [-0.39, 0.29) is 10.2 Å². The molecule has 11 heavy (non-hydrogen) atoms. The maximum absolute atomic E-state index is 9.91. The van der Waals surface area contributed by atoms with Crippen LogP contribution in [0.4, 0.5) is 0 Å². The van der Waals surface area contributed by atoms with E-state index in [0.29, 0.717) is 12.8 Å². The number of thiol groups is 2.